The first kappa shape index (κ1) is 14.0. The number of aromatic nitrogens is 1. The fraction of sp³-hybridized carbons (Fsp3) is 0.267. The van der Waals surface area contributed by atoms with Gasteiger partial charge in [-0.25, -0.2) is 4.79 Å². The summed E-state index contributed by atoms with van der Waals surface area (Å²) in [5, 5.41) is 9.15. The van der Waals surface area contributed by atoms with Gasteiger partial charge in [0.1, 0.15) is 5.69 Å². The fourth-order valence-electron chi connectivity index (χ4n) is 1.97. The Morgan fingerprint density at radius 1 is 1.15 bits per heavy atom. The smallest absolute Gasteiger partial charge is 0.352 e. The molecule has 0 spiro atoms. The zero-order valence-corrected chi connectivity index (χ0v) is 11.5. The number of benzene rings is 1. The lowest BCUT2D eigenvalue weighted by atomic mass is 10.2. The van der Waals surface area contributed by atoms with E-state index in [1.165, 1.54) is 0 Å². The minimum atomic E-state index is -0.971. The van der Waals surface area contributed by atoms with Crippen molar-refractivity contribution in [3.8, 4) is 17.2 Å². The zero-order valence-electron chi connectivity index (χ0n) is 11.5. The normalized spacial score (nSPS) is 10.3. The highest BCUT2D eigenvalue weighted by Gasteiger charge is 2.12. The molecule has 2 rings (SSSR count). The fourth-order valence-corrected chi connectivity index (χ4v) is 1.97. The van der Waals surface area contributed by atoms with E-state index in [2.05, 4.69) is 0 Å². The Labute approximate surface area is 117 Å². The molecule has 1 N–H and O–H groups in total. The minimum Gasteiger partial charge on any atom is -0.490 e. The molecule has 1 aromatic carbocycles. The van der Waals surface area contributed by atoms with Crippen LogP contribution in [0.2, 0.25) is 0 Å². The summed E-state index contributed by atoms with van der Waals surface area (Å²) in [4.78, 5) is 11.2. The molecule has 5 nitrogen and oxygen atoms in total. The standard InChI is InChI=1S/C15H17NO4/c1-3-19-13-8-7-11(10-14(13)20-4-2)16-9-5-6-12(16)15(17)18/h5-10H,3-4H2,1-2H3,(H,17,18). The van der Waals surface area contributed by atoms with Crippen LogP contribution in [0.25, 0.3) is 5.69 Å². The molecule has 0 unspecified atom stereocenters. The molecule has 20 heavy (non-hydrogen) atoms. The number of hydrogen-bond donors (Lipinski definition) is 1. The third kappa shape index (κ3) is 2.77. The third-order valence-corrected chi connectivity index (χ3v) is 2.77. The molecule has 0 saturated carbocycles. The number of hydrogen-bond acceptors (Lipinski definition) is 3. The summed E-state index contributed by atoms with van der Waals surface area (Å²) < 4.78 is 12.6. The van der Waals surface area contributed by atoms with Crippen LogP contribution in [0.1, 0.15) is 24.3 Å². The van der Waals surface area contributed by atoms with Crippen LogP contribution in [0.15, 0.2) is 36.5 Å². The molecule has 0 aliphatic rings. The lowest BCUT2D eigenvalue weighted by molar-refractivity contribution is 0.0688. The topological polar surface area (TPSA) is 60.7 Å². The Bertz CT molecular complexity index is 604. The summed E-state index contributed by atoms with van der Waals surface area (Å²) in [6, 6.07) is 8.62. The number of ether oxygens (including phenoxy) is 2. The number of carboxylic acid groups (broad SMARTS) is 1. The number of rotatable bonds is 6. The van der Waals surface area contributed by atoms with Gasteiger partial charge in [0.05, 0.1) is 13.2 Å². The van der Waals surface area contributed by atoms with Crippen LogP contribution in [0, 0.1) is 0 Å². The van der Waals surface area contributed by atoms with Gasteiger partial charge in [-0.2, -0.15) is 0 Å². The third-order valence-electron chi connectivity index (χ3n) is 2.77. The van der Waals surface area contributed by atoms with Crippen molar-refractivity contribution < 1.29 is 19.4 Å². The molecule has 5 heteroatoms. The van der Waals surface area contributed by atoms with Crippen LogP contribution in [0.3, 0.4) is 0 Å². The number of carbonyl (C=O) groups is 1. The SMILES string of the molecule is CCOc1ccc(-n2cccc2C(=O)O)cc1OCC. The Kier molecular flexibility index (Phi) is 4.30. The van der Waals surface area contributed by atoms with E-state index in [1.807, 2.05) is 13.8 Å². The summed E-state index contributed by atoms with van der Waals surface area (Å²) in [7, 11) is 0. The van der Waals surface area contributed by atoms with E-state index in [-0.39, 0.29) is 5.69 Å². The average Bonchev–Trinajstić information content (AvgIpc) is 2.91. The van der Waals surface area contributed by atoms with Gasteiger partial charge in [0.2, 0.25) is 0 Å². The molecular weight excluding hydrogens is 258 g/mol. The summed E-state index contributed by atoms with van der Waals surface area (Å²) in [5.41, 5.74) is 0.927. The molecular formula is C15H17NO4. The quantitative estimate of drug-likeness (QED) is 0.880. The van der Waals surface area contributed by atoms with E-state index >= 15 is 0 Å². The molecule has 0 bridgehead atoms. The zero-order chi connectivity index (χ0) is 14.5. The summed E-state index contributed by atoms with van der Waals surface area (Å²) in [6.07, 6.45) is 1.70. The second-order valence-corrected chi connectivity index (χ2v) is 4.07. The van der Waals surface area contributed by atoms with E-state index < -0.39 is 5.97 Å². The van der Waals surface area contributed by atoms with Crippen molar-refractivity contribution in [3.63, 3.8) is 0 Å². The molecule has 1 aromatic heterocycles. The molecule has 2 aromatic rings. The summed E-state index contributed by atoms with van der Waals surface area (Å²) in [6.45, 7) is 4.85. The van der Waals surface area contributed by atoms with Gasteiger partial charge in [-0.1, -0.05) is 0 Å². The van der Waals surface area contributed by atoms with E-state index in [9.17, 15) is 4.79 Å². The highest BCUT2D eigenvalue weighted by atomic mass is 16.5. The van der Waals surface area contributed by atoms with E-state index in [0.717, 1.165) is 5.69 Å². The van der Waals surface area contributed by atoms with E-state index in [1.54, 1.807) is 41.1 Å². The Balaban J connectivity index is 2.44. The Morgan fingerprint density at radius 3 is 2.50 bits per heavy atom. The monoisotopic (exact) mass is 275 g/mol. The van der Waals surface area contributed by atoms with Gasteiger partial charge in [-0.15, -0.1) is 0 Å². The molecule has 0 fully saturated rings. The lowest BCUT2D eigenvalue weighted by Crippen LogP contribution is -2.06. The first-order chi connectivity index (χ1) is 9.67. The van der Waals surface area contributed by atoms with Gasteiger partial charge >= 0.3 is 5.97 Å². The van der Waals surface area contributed by atoms with Crippen molar-refractivity contribution in [1.29, 1.82) is 0 Å². The van der Waals surface area contributed by atoms with Crippen LogP contribution in [-0.2, 0) is 0 Å². The van der Waals surface area contributed by atoms with Gasteiger partial charge in [0.15, 0.2) is 11.5 Å². The van der Waals surface area contributed by atoms with Gasteiger partial charge in [0, 0.05) is 18.0 Å². The van der Waals surface area contributed by atoms with Crippen molar-refractivity contribution in [2.45, 2.75) is 13.8 Å². The van der Waals surface area contributed by atoms with Crippen molar-refractivity contribution >= 4 is 5.97 Å². The molecule has 0 radical (unpaired) electrons. The lowest BCUT2D eigenvalue weighted by Gasteiger charge is -2.13. The average molecular weight is 275 g/mol. The minimum absolute atomic E-state index is 0.205. The molecule has 0 atom stereocenters. The maximum Gasteiger partial charge on any atom is 0.352 e. The van der Waals surface area contributed by atoms with Crippen LogP contribution < -0.4 is 9.47 Å². The predicted octanol–water partition coefficient (Wildman–Crippen LogP) is 2.97. The maximum atomic E-state index is 11.2. The molecule has 0 saturated heterocycles. The molecule has 0 aliphatic heterocycles. The number of carboxylic acids is 1. The first-order valence-electron chi connectivity index (χ1n) is 6.48. The molecule has 0 amide bonds. The van der Waals surface area contributed by atoms with Crippen molar-refractivity contribution in [1.82, 2.24) is 4.57 Å². The highest BCUT2D eigenvalue weighted by molar-refractivity contribution is 5.86. The second kappa shape index (κ2) is 6.14. The van der Waals surface area contributed by atoms with Crippen molar-refractivity contribution in [2.24, 2.45) is 0 Å². The summed E-state index contributed by atoms with van der Waals surface area (Å²) >= 11 is 0. The predicted molar refractivity (Wildman–Crippen MR) is 75.1 cm³/mol. The van der Waals surface area contributed by atoms with E-state index in [4.69, 9.17) is 14.6 Å². The Morgan fingerprint density at radius 2 is 1.85 bits per heavy atom. The maximum absolute atomic E-state index is 11.2. The van der Waals surface area contributed by atoms with Crippen molar-refractivity contribution in [3.05, 3.63) is 42.2 Å². The van der Waals surface area contributed by atoms with Crippen LogP contribution >= 0.6 is 0 Å². The molecule has 0 aliphatic carbocycles. The Hall–Kier alpha value is -2.43. The van der Waals surface area contributed by atoms with Gasteiger partial charge in [-0.05, 0) is 38.1 Å². The first-order valence-corrected chi connectivity index (χ1v) is 6.48. The highest BCUT2D eigenvalue weighted by Crippen LogP contribution is 2.30. The van der Waals surface area contributed by atoms with Gasteiger partial charge in [-0.3, -0.25) is 0 Å². The van der Waals surface area contributed by atoms with Gasteiger partial charge in [0.25, 0.3) is 0 Å². The molecule has 1 heterocycles. The van der Waals surface area contributed by atoms with Crippen LogP contribution in [-0.4, -0.2) is 28.9 Å². The number of nitrogens with zero attached hydrogens (tertiary/aromatic N) is 1. The van der Waals surface area contributed by atoms with E-state index in [0.29, 0.717) is 24.7 Å². The van der Waals surface area contributed by atoms with Crippen molar-refractivity contribution in [2.75, 3.05) is 13.2 Å². The van der Waals surface area contributed by atoms with Crippen LogP contribution in [0.4, 0.5) is 0 Å². The van der Waals surface area contributed by atoms with Crippen LogP contribution in [0.5, 0.6) is 11.5 Å². The molecule has 106 valence electrons. The second-order valence-electron chi connectivity index (χ2n) is 4.07. The number of aromatic carboxylic acids is 1. The summed E-state index contributed by atoms with van der Waals surface area (Å²) in [5.74, 6) is 0.292. The van der Waals surface area contributed by atoms with Gasteiger partial charge < -0.3 is 19.1 Å². The largest absolute Gasteiger partial charge is 0.490 e.